The number of benzene rings is 1. The summed E-state index contributed by atoms with van der Waals surface area (Å²) < 4.78 is 1.000. The van der Waals surface area contributed by atoms with Crippen molar-refractivity contribution in [1.29, 1.82) is 0 Å². The van der Waals surface area contributed by atoms with Crippen molar-refractivity contribution in [1.82, 2.24) is 5.32 Å². The van der Waals surface area contributed by atoms with Crippen LogP contribution < -0.4 is 5.32 Å². The summed E-state index contributed by atoms with van der Waals surface area (Å²) in [4.78, 5) is 12.3. The lowest BCUT2D eigenvalue weighted by molar-refractivity contribution is -0.118. The molecule has 0 aliphatic heterocycles. The zero-order chi connectivity index (χ0) is 11.1. The maximum Gasteiger partial charge on any atom is 0.231 e. The van der Waals surface area contributed by atoms with Gasteiger partial charge >= 0.3 is 0 Å². The number of amides is 1. The maximum atomic E-state index is 11.2. The highest BCUT2D eigenvalue weighted by molar-refractivity contribution is 9.10. The molecule has 0 saturated heterocycles. The highest BCUT2D eigenvalue weighted by Gasteiger charge is 2.03. The summed E-state index contributed by atoms with van der Waals surface area (Å²) in [7, 11) is 0. The van der Waals surface area contributed by atoms with Gasteiger partial charge in [-0.2, -0.15) is 0 Å². The second-order valence-corrected chi connectivity index (χ2v) is 4.57. The van der Waals surface area contributed by atoms with Crippen LogP contribution in [0, 0.1) is 12.3 Å². The van der Waals surface area contributed by atoms with Crippen LogP contribution in [0.2, 0.25) is 0 Å². The predicted molar refractivity (Wildman–Crippen MR) is 66.7 cm³/mol. The van der Waals surface area contributed by atoms with Crippen molar-refractivity contribution in [3.63, 3.8) is 0 Å². The molecule has 0 saturated carbocycles. The van der Waals surface area contributed by atoms with E-state index in [-0.39, 0.29) is 12.5 Å². The van der Waals surface area contributed by atoms with Gasteiger partial charge < -0.3 is 5.32 Å². The average molecular weight is 284 g/mol. The molecule has 78 valence electrons. The van der Waals surface area contributed by atoms with E-state index in [1.807, 2.05) is 24.3 Å². The Kier molecular flexibility index (Phi) is 5.30. The molecule has 0 aromatic heterocycles. The Balaban J connectivity index is 2.41. The molecule has 0 aliphatic rings. The van der Waals surface area contributed by atoms with Gasteiger partial charge in [-0.1, -0.05) is 18.1 Å². The number of hydrogen-bond donors (Lipinski definition) is 1. The average Bonchev–Trinajstić information content (AvgIpc) is 2.25. The first kappa shape index (κ1) is 12.2. The predicted octanol–water partition coefficient (Wildman–Crippen LogP) is 2.29. The Morgan fingerprint density at radius 1 is 1.53 bits per heavy atom. The lowest BCUT2D eigenvalue weighted by atomic mass is 10.4. The quantitative estimate of drug-likeness (QED) is 0.679. The summed E-state index contributed by atoms with van der Waals surface area (Å²) in [5.41, 5.74) is 0. The molecule has 1 aromatic rings. The molecular formula is C11H10BrNOS. The second kappa shape index (κ2) is 6.54. The third kappa shape index (κ3) is 4.41. The van der Waals surface area contributed by atoms with Gasteiger partial charge in [0.2, 0.25) is 5.91 Å². The smallest absolute Gasteiger partial charge is 0.231 e. The van der Waals surface area contributed by atoms with Crippen LogP contribution in [0.5, 0.6) is 0 Å². The number of carbonyl (C=O) groups is 1. The van der Waals surface area contributed by atoms with Crippen molar-refractivity contribution in [2.24, 2.45) is 0 Å². The van der Waals surface area contributed by atoms with Crippen LogP contribution >= 0.6 is 27.7 Å². The van der Waals surface area contributed by atoms with E-state index >= 15 is 0 Å². The molecule has 1 aromatic carbocycles. The minimum atomic E-state index is -0.0475. The van der Waals surface area contributed by atoms with Crippen LogP contribution in [-0.2, 0) is 4.79 Å². The minimum absolute atomic E-state index is 0.0475. The lowest BCUT2D eigenvalue weighted by Gasteiger charge is -2.03. The number of terminal acetylenes is 1. The monoisotopic (exact) mass is 283 g/mol. The van der Waals surface area contributed by atoms with Gasteiger partial charge in [0.05, 0.1) is 12.3 Å². The minimum Gasteiger partial charge on any atom is -0.344 e. The van der Waals surface area contributed by atoms with Gasteiger partial charge in [-0.3, -0.25) is 4.79 Å². The molecule has 0 spiro atoms. The normalized spacial score (nSPS) is 9.33. The largest absolute Gasteiger partial charge is 0.344 e. The molecule has 0 aliphatic carbocycles. The molecule has 0 atom stereocenters. The molecule has 4 heteroatoms. The Bertz CT molecular complexity index is 386. The van der Waals surface area contributed by atoms with Crippen LogP contribution in [-0.4, -0.2) is 18.2 Å². The Morgan fingerprint density at radius 2 is 2.27 bits per heavy atom. The van der Waals surface area contributed by atoms with Crippen molar-refractivity contribution < 1.29 is 4.79 Å². The molecule has 2 nitrogen and oxygen atoms in total. The van der Waals surface area contributed by atoms with E-state index in [0.717, 1.165) is 9.37 Å². The van der Waals surface area contributed by atoms with E-state index < -0.39 is 0 Å². The number of nitrogens with one attached hydrogen (secondary N) is 1. The van der Waals surface area contributed by atoms with Gasteiger partial charge in [-0.15, -0.1) is 18.2 Å². The first-order chi connectivity index (χ1) is 7.24. The first-order valence-corrected chi connectivity index (χ1v) is 6.09. The molecule has 0 bridgehead atoms. The fourth-order valence-electron chi connectivity index (χ4n) is 0.906. The van der Waals surface area contributed by atoms with Crippen molar-refractivity contribution in [2.45, 2.75) is 4.90 Å². The molecule has 1 rings (SSSR count). The zero-order valence-electron chi connectivity index (χ0n) is 8.00. The topological polar surface area (TPSA) is 29.1 Å². The summed E-state index contributed by atoms with van der Waals surface area (Å²) >= 11 is 4.89. The van der Waals surface area contributed by atoms with Crippen molar-refractivity contribution >= 4 is 33.6 Å². The van der Waals surface area contributed by atoms with Gasteiger partial charge in [0.15, 0.2) is 0 Å². The number of hydrogen-bond acceptors (Lipinski definition) is 2. The maximum absolute atomic E-state index is 11.2. The van der Waals surface area contributed by atoms with Gasteiger partial charge in [0.1, 0.15) is 0 Å². The highest BCUT2D eigenvalue weighted by atomic mass is 79.9. The molecule has 0 heterocycles. The number of rotatable bonds is 4. The Labute approximate surface area is 102 Å². The van der Waals surface area contributed by atoms with Crippen LogP contribution in [0.15, 0.2) is 33.6 Å². The first-order valence-electron chi connectivity index (χ1n) is 4.31. The second-order valence-electron chi connectivity index (χ2n) is 2.70. The molecule has 1 amide bonds. The molecular weight excluding hydrogens is 274 g/mol. The number of carbonyl (C=O) groups excluding carboxylic acids is 1. The van der Waals surface area contributed by atoms with Crippen molar-refractivity contribution in [2.75, 3.05) is 12.3 Å². The summed E-state index contributed by atoms with van der Waals surface area (Å²) in [6.45, 7) is 0.287. The van der Waals surface area contributed by atoms with Crippen LogP contribution in [0.1, 0.15) is 0 Å². The van der Waals surface area contributed by atoms with E-state index in [9.17, 15) is 4.79 Å². The van der Waals surface area contributed by atoms with Crippen LogP contribution in [0.4, 0.5) is 0 Å². The molecule has 15 heavy (non-hydrogen) atoms. The van der Waals surface area contributed by atoms with E-state index in [0.29, 0.717) is 5.75 Å². The third-order valence-electron chi connectivity index (χ3n) is 1.58. The van der Waals surface area contributed by atoms with Gasteiger partial charge in [-0.25, -0.2) is 0 Å². The van der Waals surface area contributed by atoms with Crippen LogP contribution in [0.3, 0.4) is 0 Å². The van der Waals surface area contributed by atoms with Gasteiger partial charge in [0.25, 0.3) is 0 Å². The Hall–Kier alpha value is -0.920. The third-order valence-corrected chi connectivity index (χ3v) is 3.61. The van der Waals surface area contributed by atoms with Gasteiger partial charge in [0, 0.05) is 9.37 Å². The van der Waals surface area contributed by atoms with E-state index in [2.05, 4.69) is 27.2 Å². The molecule has 0 unspecified atom stereocenters. The molecule has 0 radical (unpaired) electrons. The highest BCUT2D eigenvalue weighted by Crippen LogP contribution is 2.26. The lowest BCUT2D eigenvalue weighted by Crippen LogP contribution is -2.25. The zero-order valence-corrected chi connectivity index (χ0v) is 10.4. The number of thioether (sulfide) groups is 1. The molecule has 1 N–H and O–H groups in total. The molecule has 0 fully saturated rings. The standard InChI is InChI=1S/C11H10BrNOS/c1-2-7-13-11(14)8-15-10-6-4-3-5-9(10)12/h1,3-6H,7-8H2,(H,13,14). The summed E-state index contributed by atoms with van der Waals surface area (Å²) in [6.07, 6.45) is 5.03. The Morgan fingerprint density at radius 3 is 2.93 bits per heavy atom. The van der Waals surface area contributed by atoms with Gasteiger partial charge in [-0.05, 0) is 28.1 Å². The summed E-state index contributed by atoms with van der Waals surface area (Å²) in [5.74, 6) is 2.69. The summed E-state index contributed by atoms with van der Waals surface area (Å²) in [6, 6.07) is 7.78. The SMILES string of the molecule is C#CCNC(=O)CSc1ccccc1Br. The number of halogens is 1. The fraction of sp³-hybridized carbons (Fsp3) is 0.182. The van der Waals surface area contributed by atoms with E-state index in [1.165, 1.54) is 11.8 Å². The van der Waals surface area contributed by atoms with Crippen LogP contribution in [0.25, 0.3) is 0 Å². The van der Waals surface area contributed by atoms with E-state index in [1.54, 1.807) is 0 Å². The fourth-order valence-corrected chi connectivity index (χ4v) is 2.30. The van der Waals surface area contributed by atoms with E-state index in [4.69, 9.17) is 6.42 Å². The van der Waals surface area contributed by atoms with Crippen molar-refractivity contribution in [3.05, 3.63) is 28.7 Å². The summed E-state index contributed by atoms with van der Waals surface area (Å²) in [5, 5.41) is 2.61. The van der Waals surface area contributed by atoms with Crippen molar-refractivity contribution in [3.8, 4) is 12.3 Å².